The highest BCUT2D eigenvalue weighted by atomic mass is 16.2. The molecule has 95 valence electrons. The summed E-state index contributed by atoms with van der Waals surface area (Å²) in [7, 11) is 0. The van der Waals surface area contributed by atoms with Gasteiger partial charge in [-0.15, -0.1) is 0 Å². The van der Waals surface area contributed by atoms with E-state index in [1.165, 1.54) is 6.92 Å². The second kappa shape index (κ2) is 5.67. The lowest BCUT2D eigenvalue weighted by Crippen LogP contribution is -2.44. The normalized spacial score (nSPS) is 18.7. The van der Waals surface area contributed by atoms with E-state index in [4.69, 9.17) is 0 Å². The molecule has 1 unspecified atom stereocenters. The van der Waals surface area contributed by atoms with Gasteiger partial charge in [-0.1, -0.05) is 18.2 Å². The van der Waals surface area contributed by atoms with Gasteiger partial charge in [0.05, 0.1) is 0 Å². The maximum atomic E-state index is 12.0. The molecule has 4 heteroatoms. The van der Waals surface area contributed by atoms with Crippen LogP contribution in [0.1, 0.15) is 25.3 Å². The molecule has 2 rings (SSSR count). The van der Waals surface area contributed by atoms with Crippen LogP contribution in [0, 0.1) is 6.07 Å². The summed E-state index contributed by atoms with van der Waals surface area (Å²) in [6.07, 6.45) is 1.66. The minimum absolute atomic E-state index is 0.0271. The van der Waals surface area contributed by atoms with Crippen molar-refractivity contribution in [1.82, 2.24) is 10.2 Å². The SMILES string of the molecule is CC(=O)N1CCCC1C(=O)NCc1c[c]ccc1. The van der Waals surface area contributed by atoms with Gasteiger partial charge in [-0.3, -0.25) is 9.59 Å². The lowest BCUT2D eigenvalue weighted by molar-refractivity contribution is -0.136. The number of rotatable bonds is 3. The van der Waals surface area contributed by atoms with Gasteiger partial charge in [-0.25, -0.2) is 0 Å². The highest BCUT2D eigenvalue weighted by Gasteiger charge is 2.31. The lowest BCUT2D eigenvalue weighted by atomic mass is 10.2. The first-order valence-electron chi connectivity index (χ1n) is 6.18. The van der Waals surface area contributed by atoms with Gasteiger partial charge in [-0.2, -0.15) is 0 Å². The van der Waals surface area contributed by atoms with Crippen LogP contribution in [0.2, 0.25) is 0 Å². The van der Waals surface area contributed by atoms with E-state index in [2.05, 4.69) is 11.4 Å². The third-order valence-corrected chi connectivity index (χ3v) is 3.20. The third kappa shape index (κ3) is 2.88. The van der Waals surface area contributed by atoms with Gasteiger partial charge in [0.15, 0.2) is 0 Å². The number of hydrogen-bond donors (Lipinski definition) is 1. The Kier molecular flexibility index (Phi) is 3.97. The average Bonchev–Trinajstić information content (AvgIpc) is 2.86. The summed E-state index contributed by atoms with van der Waals surface area (Å²) in [6, 6.07) is 10.2. The van der Waals surface area contributed by atoms with Gasteiger partial charge in [0.2, 0.25) is 11.8 Å². The highest BCUT2D eigenvalue weighted by molar-refractivity contribution is 5.87. The Labute approximate surface area is 107 Å². The van der Waals surface area contributed by atoms with Crippen LogP contribution in [-0.2, 0) is 16.1 Å². The van der Waals surface area contributed by atoms with Crippen LogP contribution in [-0.4, -0.2) is 29.3 Å². The Hall–Kier alpha value is -1.84. The molecule has 1 heterocycles. The summed E-state index contributed by atoms with van der Waals surface area (Å²) in [6.45, 7) is 2.68. The zero-order valence-corrected chi connectivity index (χ0v) is 10.5. The smallest absolute Gasteiger partial charge is 0.243 e. The molecule has 0 aliphatic carbocycles. The van der Waals surface area contributed by atoms with E-state index in [9.17, 15) is 9.59 Å². The van der Waals surface area contributed by atoms with Crippen molar-refractivity contribution in [2.75, 3.05) is 6.54 Å². The quantitative estimate of drug-likeness (QED) is 0.867. The molecule has 1 N–H and O–H groups in total. The van der Waals surface area contributed by atoms with Gasteiger partial charge in [0.25, 0.3) is 0 Å². The van der Waals surface area contributed by atoms with Crippen LogP contribution in [0.5, 0.6) is 0 Å². The molecule has 0 spiro atoms. The van der Waals surface area contributed by atoms with Crippen LogP contribution in [0.15, 0.2) is 24.3 Å². The fourth-order valence-electron chi connectivity index (χ4n) is 2.26. The molecule has 1 aromatic carbocycles. The minimum Gasteiger partial charge on any atom is -0.350 e. The number of benzene rings is 1. The predicted molar refractivity (Wildman–Crippen MR) is 67.5 cm³/mol. The van der Waals surface area contributed by atoms with Crippen LogP contribution in [0.3, 0.4) is 0 Å². The fraction of sp³-hybridized carbons (Fsp3) is 0.429. The molecule has 18 heavy (non-hydrogen) atoms. The Morgan fingerprint density at radius 3 is 3.06 bits per heavy atom. The topological polar surface area (TPSA) is 49.4 Å². The molecule has 1 aliphatic rings. The molecule has 1 fully saturated rings. The van der Waals surface area contributed by atoms with Crippen molar-refractivity contribution < 1.29 is 9.59 Å². The van der Waals surface area contributed by atoms with Gasteiger partial charge in [-0.05, 0) is 30.5 Å². The highest BCUT2D eigenvalue weighted by Crippen LogP contribution is 2.17. The van der Waals surface area contributed by atoms with E-state index in [1.807, 2.05) is 24.3 Å². The molecule has 0 aromatic heterocycles. The predicted octanol–water partition coefficient (Wildman–Crippen LogP) is 1.11. The van der Waals surface area contributed by atoms with Crippen molar-refractivity contribution in [1.29, 1.82) is 0 Å². The lowest BCUT2D eigenvalue weighted by Gasteiger charge is -2.22. The largest absolute Gasteiger partial charge is 0.350 e. The van der Waals surface area contributed by atoms with Crippen molar-refractivity contribution in [3.63, 3.8) is 0 Å². The molecule has 4 nitrogen and oxygen atoms in total. The minimum atomic E-state index is -0.296. The maximum Gasteiger partial charge on any atom is 0.243 e. The fourth-order valence-corrected chi connectivity index (χ4v) is 2.26. The van der Waals surface area contributed by atoms with E-state index >= 15 is 0 Å². The molecule has 1 atom stereocenters. The second-order valence-electron chi connectivity index (χ2n) is 4.50. The van der Waals surface area contributed by atoms with Crippen molar-refractivity contribution >= 4 is 11.8 Å². The Morgan fingerprint density at radius 1 is 1.56 bits per heavy atom. The summed E-state index contributed by atoms with van der Waals surface area (Å²) < 4.78 is 0. The standard InChI is InChI=1S/C14H17N2O2/c1-11(17)16-9-5-8-13(16)14(18)15-10-12-6-3-2-4-7-12/h2-3,6-7,13H,5,8-10H2,1H3,(H,15,18). The van der Waals surface area contributed by atoms with Crippen molar-refractivity contribution in [2.24, 2.45) is 0 Å². The van der Waals surface area contributed by atoms with Crippen molar-refractivity contribution in [3.8, 4) is 0 Å². The zero-order chi connectivity index (χ0) is 13.0. The molecule has 0 bridgehead atoms. The molecule has 1 aromatic rings. The molecular formula is C14H17N2O2. The van der Waals surface area contributed by atoms with E-state index in [1.54, 1.807) is 4.90 Å². The number of amides is 2. The van der Waals surface area contributed by atoms with Gasteiger partial charge < -0.3 is 10.2 Å². The van der Waals surface area contributed by atoms with Gasteiger partial charge in [0.1, 0.15) is 6.04 Å². The summed E-state index contributed by atoms with van der Waals surface area (Å²) in [5.74, 6) is -0.0905. The Bertz CT molecular complexity index is 431. The molecule has 1 radical (unpaired) electrons. The molecule has 1 aliphatic heterocycles. The molecule has 2 amide bonds. The zero-order valence-electron chi connectivity index (χ0n) is 10.5. The number of carbonyl (C=O) groups excluding carboxylic acids is 2. The number of nitrogens with zero attached hydrogens (tertiary/aromatic N) is 1. The summed E-state index contributed by atoms with van der Waals surface area (Å²) in [5.41, 5.74) is 1.01. The number of likely N-dealkylation sites (tertiary alicyclic amines) is 1. The number of hydrogen-bond acceptors (Lipinski definition) is 2. The second-order valence-corrected chi connectivity index (χ2v) is 4.50. The van der Waals surface area contributed by atoms with Crippen LogP contribution in [0.4, 0.5) is 0 Å². The average molecular weight is 245 g/mol. The van der Waals surface area contributed by atoms with Crippen LogP contribution >= 0.6 is 0 Å². The monoisotopic (exact) mass is 245 g/mol. The van der Waals surface area contributed by atoms with Crippen molar-refractivity contribution in [3.05, 3.63) is 35.9 Å². The summed E-state index contributed by atoms with van der Waals surface area (Å²) in [4.78, 5) is 25.0. The van der Waals surface area contributed by atoms with Crippen LogP contribution in [0.25, 0.3) is 0 Å². The maximum absolute atomic E-state index is 12.0. The van der Waals surface area contributed by atoms with E-state index in [-0.39, 0.29) is 17.9 Å². The van der Waals surface area contributed by atoms with E-state index in [0.717, 1.165) is 18.4 Å². The first-order chi connectivity index (χ1) is 8.68. The third-order valence-electron chi connectivity index (χ3n) is 3.20. The van der Waals surface area contributed by atoms with Crippen LogP contribution < -0.4 is 5.32 Å². The molecule has 0 saturated carbocycles. The van der Waals surface area contributed by atoms with E-state index < -0.39 is 0 Å². The van der Waals surface area contributed by atoms with Gasteiger partial charge >= 0.3 is 0 Å². The Morgan fingerprint density at radius 2 is 2.39 bits per heavy atom. The first-order valence-corrected chi connectivity index (χ1v) is 6.18. The van der Waals surface area contributed by atoms with Crippen molar-refractivity contribution in [2.45, 2.75) is 32.4 Å². The number of carbonyl (C=O) groups is 2. The summed E-state index contributed by atoms with van der Waals surface area (Å²) in [5, 5.41) is 2.87. The molecular weight excluding hydrogens is 228 g/mol. The first kappa shape index (κ1) is 12.6. The van der Waals surface area contributed by atoms with Gasteiger partial charge in [0, 0.05) is 20.0 Å². The summed E-state index contributed by atoms with van der Waals surface area (Å²) >= 11 is 0. The molecule has 1 saturated heterocycles. The Balaban J connectivity index is 1.90. The number of nitrogens with one attached hydrogen (secondary N) is 1. The van der Waals surface area contributed by atoms with E-state index in [0.29, 0.717) is 13.1 Å².